The minimum Gasteiger partial charge on any atom is -0.340 e. The number of benzodiazepines with no additional fused rings is 1. The van der Waals surface area contributed by atoms with Crippen molar-refractivity contribution in [2.45, 2.75) is 13.1 Å². The van der Waals surface area contributed by atoms with Gasteiger partial charge < -0.3 is 26.2 Å². The molecule has 4 N–H and O–H groups in total. The van der Waals surface area contributed by atoms with E-state index in [0.29, 0.717) is 30.3 Å². The summed E-state index contributed by atoms with van der Waals surface area (Å²) in [5, 5.41) is 12.4. The van der Waals surface area contributed by atoms with E-state index in [1.807, 2.05) is 85.8 Å². The van der Waals surface area contributed by atoms with Crippen LogP contribution >= 0.6 is 0 Å². The van der Waals surface area contributed by atoms with Gasteiger partial charge in [0, 0.05) is 48.7 Å². The van der Waals surface area contributed by atoms with Crippen LogP contribution in [0.1, 0.15) is 16.7 Å². The topological polar surface area (TPSA) is 110 Å². The van der Waals surface area contributed by atoms with Gasteiger partial charge in [-0.2, -0.15) is 0 Å². The van der Waals surface area contributed by atoms with Crippen molar-refractivity contribution >= 4 is 34.9 Å². The molecule has 2 heterocycles. The highest BCUT2D eigenvalue weighted by molar-refractivity contribution is 6.20. The third kappa shape index (κ3) is 6.07. The molecule has 1 unspecified atom stereocenters. The molecule has 0 spiro atoms. The molecule has 3 amide bonds. The van der Waals surface area contributed by atoms with Crippen molar-refractivity contribution in [2.75, 3.05) is 43.4 Å². The van der Waals surface area contributed by atoms with Gasteiger partial charge >= 0.3 is 6.03 Å². The Morgan fingerprint density at radius 3 is 2.55 bits per heavy atom. The molecule has 0 aliphatic carbocycles. The summed E-state index contributed by atoms with van der Waals surface area (Å²) >= 11 is 0. The molecule has 2 aliphatic heterocycles. The van der Waals surface area contributed by atoms with E-state index in [2.05, 4.69) is 26.3 Å². The van der Waals surface area contributed by atoms with Crippen LogP contribution < -0.4 is 21.3 Å². The fourth-order valence-corrected chi connectivity index (χ4v) is 4.50. The smallest absolute Gasteiger partial charge is 0.321 e. The van der Waals surface area contributed by atoms with Crippen LogP contribution in [0.2, 0.25) is 0 Å². The third-order valence-corrected chi connectivity index (χ3v) is 6.41. The number of aryl methyl sites for hydroxylation is 1. The minimum atomic E-state index is -0.849. The lowest BCUT2D eigenvalue weighted by molar-refractivity contribution is -0.130. The fraction of sp³-hybridized carbons (Fsp3) is 0.241. The SMILES string of the molecule is Cc1cccc(NC(=O)NC2N=C(c3ccccc3)c3ccccc3NC2=NCC(=O)N2CCNCC2)c1. The minimum absolute atomic E-state index is 0.0433. The predicted molar refractivity (Wildman–Crippen MR) is 151 cm³/mol. The van der Waals surface area contributed by atoms with Crippen molar-refractivity contribution in [3.63, 3.8) is 0 Å². The fourth-order valence-electron chi connectivity index (χ4n) is 4.50. The molecule has 194 valence electrons. The predicted octanol–water partition coefficient (Wildman–Crippen LogP) is 3.24. The van der Waals surface area contributed by atoms with E-state index in [-0.39, 0.29) is 12.5 Å². The number of anilines is 2. The van der Waals surface area contributed by atoms with Gasteiger partial charge in [-0.25, -0.2) is 4.79 Å². The highest BCUT2D eigenvalue weighted by Gasteiger charge is 2.26. The van der Waals surface area contributed by atoms with Gasteiger partial charge in [-0.3, -0.25) is 14.8 Å². The van der Waals surface area contributed by atoms with Crippen molar-refractivity contribution in [3.05, 3.63) is 95.6 Å². The maximum atomic E-state index is 13.1. The standard InChI is InChI=1S/C29H31N7O2/c1-20-8-7-11-22(18-20)32-29(38)35-28-27(31-19-25(37)36-16-14-30-15-17-36)33-24-13-6-5-12-23(24)26(34-28)21-9-3-2-4-10-21/h2-13,18,28,30H,14-17,19H2,1H3,(H,31,33)(H2,32,35,38). The average molecular weight is 510 g/mol. The highest BCUT2D eigenvalue weighted by Crippen LogP contribution is 2.24. The molecular weight excluding hydrogens is 478 g/mol. The number of amides is 3. The first-order valence-corrected chi connectivity index (χ1v) is 12.7. The van der Waals surface area contributed by atoms with Crippen LogP contribution in [0.25, 0.3) is 0 Å². The Bertz CT molecular complexity index is 1360. The van der Waals surface area contributed by atoms with E-state index < -0.39 is 12.2 Å². The Kier molecular flexibility index (Phi) is 7.75. The Morgan fingerprint density at radius 2 is 1.76 bits per heavy atom. The van der Waals surface area contributed by atoms with E-state index in [4.69, 9.17) is 4.99 Å². The number of hydrogen-bond donors (Lipinski definition) is 4. The van der Waals surface area contributed by atoms with E-state index in [0.717, 1.165) is 35.5 Å². The van der Waals surface area contributed by atoms with Crippen molar-refractivity contribution in [1.29, 1.82) is 0 Å². The molecule has 9 nitrogen and oxygen atoms in total. The lowest BCUT2D eigenvalue weighted by Gasteiger charge is -2.27. The number of piperazine rings is 1. The molecule has 9 heteroatoms. The molecule has 2 aliphatic rings. The Labute approximate surface area is 222 Å². The van der Waals surface area contributed by atoms with Crippen LogP contribution in [0.15, 0.2) is 88.8 Å². The van der Waals surface area contributed by atoms with Crippen molar-refractivity contribution in [3.8, 4) is 0 Å². The second-order valence-electron chi connectivity index (χ2n) is 9.22. The van der Waals surface area contributed by atoms with Gasteiger partial charge in [0.25, 0.3) is 0 Å². The lowest BCUT2D eigenvalue weighted by atomic mass is 10.0. The van der Waals surface area contributed by atoms with Crippen LogP contribution in [-0.2, 0) is 4.79 Å². The molecule has 38 heavy (non-hydrogen) atoms. The van der Waals surface area contributed by atoms with Crippen LogP contribution in [-0.4, -0.2) is 67.3 Å². The summed E-state index contributed by atoms with van der Waals surface area (Å²) in [6, 6.07) is 24.7. The van der Waals surface area contributed by atoms with Gasteiger partial charge in [0.15, 0.2) is 6.17 Å². The number of benzene rings is 3. The lowest BCUT2D eigenvalue weighted by Crippen LogP contribution is -2.48. The summed E-state index contributed by atoms with van der Waals surface area (Å²) in [7, 11) is 0. The molecular formula is C29H31N7O2. The van der Waals surface area contributed by atoms with Crippen molar-refractivity contribution < 1.29 is 9.59 Å². The van der Waals surface area contributed by atoms with Crippen molar-refractivity contribution in [2.24, 2.45) is 9.98 Å². The maximum Gasteiger partial charge on any atom is 0.321 e. The monoisotopic (exact) mass is 509 g/mol. The summed E-state index contributed by atoms with van der Waals surface area (Å²) in [4.78, 5) is 37.4. The molecule has 3 aromatic carbocycles. The highest BCUT2D eigenvalue weighted by atomic mass is 16.2. The normalized spacial score (nSPS) is 18.0. The number of amidine groups is 1. The third-order valence-electron chi connectivity index (χ3n) is 6.41. The maximum absolute atomic E-state index is 13.1. The number of rotatable bonds is 5. The molecule has 3 aromatic rings. The van der Waals surface area contributed by atoms with Gasteiger partial charge in [-0.05, 0) is 30.7 Å². The second-order valence-corrected chi connectivity index (χ2v) is 9.22. The van der Waals surface area contributed by atoms with Gasteiger partial charge in [0.1, 0.15) is 12.4 Å². The van der Waals surface area contributed by atoms with Crippen molar-refractivity contribution in [1.82, 2.24) is 15.5 Å². The zero-order chi connectivity index (χ0) is 26.3. The molecule has 1 fully saturated rings. The molecule has 0 bridgehead atoms. The molecule has 0 aromatic heterocycles. The van der Waals surface area contributed by atoms with Gasteiger partial charge in [-0.1, -0.05) is 60.7 Å². The molecule has 0 saturated carbocycles. The zero-order valence-electron chi connectivity index (χ0n) is 21.3. The largest absolute Gasteiger partial charge is 0.340 e. The number of nitrogens with zero attached hydrogens (tertiary/aromatic N) is 3. The first-order chi connectivity index (χ1) is 18.6. The van der Waals surface area contributed by atoms with E-state index in [9.17, 15) is 9.59 Å². The number of fused-ring (bicyclic) bond motifs is 1. The van der Waals surface area contributed by atoms with Gasteiger partial charge in [-0.15, -0.1) is 0 Å². The summed E-state index contributed by atoms with van der Waals surface area (Å²) in [6.45, 7) is 4.75. The summed E-state index contributed by atoms with van der Waals surface area (Å²) in [5.74, 6) is 0.333. The number of carbonyl (C=O) groups excluding carboxylic acids is 2. The number of nitrogens with one attached hydrogen (secondary N) is 4. The summed E-state index contributed by atoms with van der Waals surface area (Å²) < 4.78 is 0. The Hall–Kier alpha value is -4.50. The first kappa shape index (κ1) is 25.2. The molecule has 1 atom stereocenters. The summed E-state index contributed by atoms with van der Waals surface area (Å²) in [5.41, 5.74) is 5.01. The van der Waals surface area contributed by atoms with Gasteiger partial charge in [0.2, 0.25) is 5.91 Å². The zero-order valence-corrected chi connectivity index (χ0v) is 21.3. The number of aliphatic imine (C=N–C) groups is 2. The molecule has 0 radical (unpaired) electrons. The van der Waals surface area contributed by atoms with E-state index in [1.165, 1.54) is 0 Å². The number of hydrogen-bond acceptors (Lipinski definition) is 5. The number of urea groups is 1. The van der Waals surface area contributed by atoms with Crippen LogP contribution in [0.3, 0.4) is 0 Å². The molecule has 1 saturated heterocycles. The van der Waals surface area contributed by atoms with E-state index in [1.54, 1.807) is 4.90 Å². The number of carbonyl (C=O) groups is 2. The molecule has 5 rings (SSSR count). The number of para-hydroxylation sites is 1. The average Bonchev–Trinajstić information content (AvgIpc) is 3.09. The van der Waals surface area contributed by atoms with Crippen LogP contribution in [0.4, 0.5) is 16.2 Å². The Balaban J connectivity index is 1.48. The first-order valence-electron chi connectivity index (χ1n) is 12.7. The second kappa shape index (κ2) is 11.7. The quantitative estimate of drug-likeness (QED) is 0.423. The van der Waals surface area contributed by atoms with E-state index >= 15 is 0 Å². The van der Waals surface area contributed by atoms with Crippen LogP contribution in [0.5, 0.6) is 0 Å². The summed E-state index contributed by atoms with van der Waals surface area (Å²) in [6.07, 6.45) is -0.849. The Morgan fingerprint density at radius 1 is 1.00 bits per heavy atom. The van der Waals surface area contributed by atoms with Gasteiger partial charge in [0.05, 0.1) is 5.71 Å². The van der Waals surface area contributed by atoms with Crippen LogP contribution in [0, 0.1) is 6.92 Å².